The maximum Gasteiger partial charge on any atom is 0.456 e. The van der Waals surface area contributed by atoms with Gasteiger partial charge < -0.3 is 19.7 Å². The number of aromatic nitrogens is 1. The minimum atomic E-state index is -5.90. The van der Waals surface area contributed by atoms with Crippen molar-refractivity contribution in [2.24, 2.45) is 22.7 Å². The van der Waals surface area contributed by atoms with Gasteiger partial charge in [-0.3, -0.25) is 4.98 Å². The molecule has 48 heavy (non-hydrogen) atoms. The molecule has 2 heterocycles. The fourth-order valence-electron chi connectivity index (χ4n) is 9.85. The summed E-state index contributed by atoms with van der Waals surface area (Å²) in [5.74, 6) is -7.77. The van der Waals surface area contributed by atoms with Crippen molar-refractivity contribution >= 4 is 12.2 Å². The number of aliphatic hydroxyl groups is 2. The van der Waals surface area contributed by atoms with Crippen LogP contribution < -0.4 is 0 Å². The van der Waals surface area contributed by atoms with E-state index in [-0.39, 0.29) is 30.6 Å². The van der Waals surface area contributed by atoms with Gasteiger partial charge in [0.2, 0.25) is 0 Å². The molecule has 0 radical (unpaired) electrons. The summed E-state index contributed by atoms with van der Waals surface area (Å²) in [7, 11) is 0. The number of nitrogens with zero attached hydrogens (tertiary/aromatic N) is 1. The zero-order valence-electron chi connectivity index (χ0n) is 27.6. The number of hydrogen-bond acceptors (Lipinski definition) is 5. The van der Waals surface area contributed by atoms with Crippen LogP contribution in [0.25, 0.3) is 12.2 Å². The molecule has 10 heteroatoms. The molecule has 1 aromatic heterocycles. The molecule has 2 aromatic rings. The average molecular weight is 674 g/mol. The van der Waals surface area contributed by atoms with Crippen LogP contribution >= 0.6 is 0 Å². The highest BCUT2D eigenvalue weighted by Crippen LogP contribution is 2.71. The van der Waals surface area contributed by atoms with E-state index in [9.17, 15) is 23.4 Å². The lowest BCUT2D eigenvalue weighted by molar-refractivity contribution is -0.362. The molecular weight excluding hydrogens is 629 g/mol. The number of alkyl halides is 5. The second-order valence-electron chi connectivity index (χ2n) is 16.0. The molecule has 6 atom stereocenters. The Balaban J connectivity index is 1.33. The highest BCUT2D eigenvalue weighted by molar-refractivity contribution is 5.69. The molecule has 1 saturated heterocycles. The van der Waals surface area contributed by atoms with Gasteiger partial charge in [0.1, 0.15) is 5.60 Å². The van der Waals surface area contributed by atoms with E-state index >= 15 is 8.78 Å². The van der Waals surface area contributed by atoms with E-state index in [0.29, 0.717) is 38.9 Å². The third kappa shape index (κ3) is 5.19. The quantitative estimate of drug-likeness (QED) is 0.252. The highest BCUT2D eigenvalue weighted by atomic mass is 19.4. The van der Waals surface area contributed by atoms with Crippen LogP contribution in [0.2, 0.25) is 0 Å². The number of benzene rings is 1. The van der Waals surface area contributed by atoms with Gasteiger partial charge in [-0.2, -0.15) is 22.0 Å². The van der Waals surface area contributed by atoms with Crippen molar-refractivity contribution < 1.29 is 41.6 Å². The van der Waals surface area contributed by atoms with Gasteiger partial charge in [0, 0.05) is 42.0 Å². The van der Waals surface area contributed by atoms with Gasteiger partial charge in [0.15, 0.2) is 5.79 Å². The van der Waals surface area contributed by atoms with E-state index in [1.807, 2.05) is 48.6 Å². The van der Waals surface area contributed by atoms with Gasteiger partial charge in [0.25, 0.3) is 0 Å². The number of rotatable bonds is 4. The maximum absolute atomic E-state index is 15.4. The molecule has 2 N–H and O–H groups in total. The first-order valence-electron chi connectivity index (χ1n) is 17.0. The number of ether oxygens (including phenoxy) is 2. The number of halogens is 5. The van der Waals surface area contributed by atoms with Gasteiger partial charge in [-0.05, 0) is 84.8 Å². The van der Waals surface area contributed by atoms with E-state index in [1.54, 1.807) is 12.4 Å². The Hall–Kier alpha value is -2.66. The topological polar surface area (TPSA) is 71.8 Å². The van der Waals surface area contributed by atoms with Crippen LogP contribution in [0.5, 0.6) is 0 Å². The molecule has 7 rings (SSSR count). The van der Waals surface area contributed by atoms with Gasteiger partial charge in [-0.1, -0.05) is 62.8 Å². The van der Waals surface area contributed by atoms with Gasteiger partial charge in [0.05, 0.1) is 18.8 Å². The summed E-state index contributed by atoms with van der Waals surface area (Å²) in [6.45, 7) is 6.54. The van der Waals surface area contributed by atoms with Crippen molar-refractivity contribution in [1.29, 1.82) is 0 Å². The molecule has 4 aliphatic carbocycles. The Morgan fingerprint density at radius 2 is 1.56 bits per heavy atom. The number of fused-ring (bicyclic) bond motifs is 4. The van der Waals surface area contributed by atoms with Crippen LogP contribution in [0.1, 0.15) is 94.7 Å². The van der Waals surface area contributed by atoms with Crippen molar-refractivity contribution in [3.8, 4) is 0 Å². The smallest absolute Gasteiger partial charge is 0.385 e. The fourth-order valence-corrected chi connectivity index (χ4v) is 9.85. The van der Waals surface area contributed by atoms with Crippen molar-refractivity contribution in [3.05, 3.63) is 76.6 Å². The maximum atomic E-state index is 15.4. The normalized spacial score (nSPS) is 36.2. The Labute approximate surface area is 278 Å². The lowest BCUT2D eigenvalue weighted by Crippen LogP contribution is -2.65. The third-order valence-electron chi connectivity index (χ3n) is 12.4. The summed E-state index contributed by atoms with van der Waals surface area (Å²) < 4.78 is 85.5. The summed E-state index contributed by atoms with van der Waals surface area (Å²) in [5.41, 5.74) is -2.11. The van der Waals surface area contributed by atoms with Crippen LogP contribution in [0, 0.1) is 22.7 Å². The summed E-state index contributed by atoms with van der Waals surface area (Å²) in [6.07, 6.45) is 2.55. The molecule has 0 unspecified atom stereocenters. The molecule has 1 spiro atoms. The van der Waals surface area contributed by atoms with E-state index in [0.717, 1.165) is 27.8 Å². The van der Waals surface area contributed by atoms with Crippen LogP contribution in [-0.2, 0) is 9.47 Å². The Morgan fingerprint density at radius 3 is 2.25 bits per heavy atom. The predicted molar refractivity (Wildman–Crippen MR) is 171 cm³/mol. The fraction of sp³-hybridized carbons (Fsp3) is 0.605. The molecule has 5 aliphatic rings. The molecule has 4 fully saturated rings. The molecule has 0 amide bonds. The summed E-state index contributed by atoms with van der Waals surface area (Å²) in [6, 6.07) is 11.3. The molecule has 5 nitrogen and oxygen atoms in total. The van der Waals surface area contributed by atoms with Gasteiger partial charge in [-0.25, -0.2) is 0 Å². The summed E-state index contributed by atoms with van der Waals surface area (Å²) in [4.78, 5) is 4.04. The second kappa shape index (κ2) is 11.2. The van der Waals surface area contributed by atoms with Crippen molar-refractivity contribution in [1.82, 2.24) is 4.98 Å². The predicted octanol–water partition coefficient (Wildman–Crippen LogP) is 8.48. The number of allylic oxidation sites excluding steroid dienone is 1. The monoisotopic (exact) mass is 673 g/mol. The lowest BCUT2D eigenvalue weighted by atomic mass is 9.49. The molecular formula is C38H44F5NO4. The van der Waals surface area contributed by atoms with E-state index < -0.39 is 52.8 Å². The molecule has 3 saturated carbocycles. The molecule has 0 bridgehead atoms. The van der Waals surface area contributed by atoms with Crippen LogP contribution in [0.4, 0.5) is 22.0 Å². The molecule has 1 aromatic carbocycles. The zero-order valence-corrected chi connectivity index (χ0v) is 27.6. The highest BCUT2D eigenvalue weighted by Gasteiger charge is 2.79. The Morgan fingerprint density at radius 1 is 0.875 bits per heavy atom. The van der Waals surface area contributed by atoms with Crippen molar-refractivity contribution in [3.63, 3.8) is 0 Å². The van der Waals surface area contributed by atoms with Gasteiger partial charge >= 0.3 is 12.1 Å². The average Bonchev–Trinajstić information content (AvgIpc) is 3.32. The SMILES string of the molecule is CC1(C)COC2(CCC3=C4[C@@H](CC[C@@]3(O)C2)[C@@H]2CC[C@@](O)(C(F)(F)C(F)(F)F)[C@@]2(C)C[C@@H]4c2cccc(C=Cc3ccncc3)c2)OC1. The first kappa shape index (κ1) is 33.8. The summed E-state index contributed by atoms with van der Waals surface area (Å²) in [5, 5.41) is 24.0. The largest absolute Gasteiger partial charge is 0.456 e. The second-order valence-corrected chi connectivity index (χ2v) is 16.0. The van der Waals surface area contributed by atoms with Gasteiger partial charge in [-0.15, -0.1) is 0 Å². The van der Waals surface area contributed by atoms with Crippen LogP contribution in [0.3, 0.4) is 0 Å². The minimum absolute atomic E-state index is 0.0468. The first-order valence-corrected chi connectivity index (χ1v) is 17.0. The van der Waals surface area contributed by atoms with Crippen LogP contribution in [0.15, 0.2) is 59.9 Å². The van der Waals surface area contributed by atoms with Crippen molar-refractivity contribution in [2.75, 3.05) is 13.2 Å². The first-order chi connectivity index (χ1) is 22.4. The van der Waals surface area contributed by atoms with E-state index in [1.165, 1.54) is 6.92 Å². The standard InChI is InChI=1S/C38H44F5NO4/c1-32(2)22-47-35(48-23-32)15-10-30-31-27(9-14-34(30,45)21-35)29-11-16-36(46,37(39,40)38(41,42)43)33(29,3)20-28(31)26-6-4-5-25(19-26)8-7-24-12-17-44-18-13-24/h4-8,12-13,17-19,27-29,45-46H,9-11,14-16,20-23H2,1-3H3/t27-,28+,29-,33-,34+,36-/m0/s1. The Kier molecular flexibility index (Phi) is 7.87. The Bertz CT molecular complexity index is 1610. The summed E-state index contributed by atoms with van der Waals surface area (Å²) >= 11 is 0. The number of pyridine rings is 1. The van der Waals surface area contributed by atoms with Crippen molar-refractivity contribution in [2.45, 2.75) is 107 Å². The third-order valence-corrected chi connectivity index (χ3v) is 12.4. The molecule has 1 aliphatic heterocycles. The van der Waals surface area contributed by atoms with E-state index in [2.05, 4.69) is 18.8 Å². The lowest BCUT2D eigenvalue weighted by Gasteiger charge is -2.59. The number of hydrogen-bond donors (Lipinski definition) is 2. The van der Waals surface area contributed by atoms with E-state index in [4.69, 9.17) is 9.47 Å². The molecule has 260 valence electrons. The van der Waals surface area contributed by atoms with Crippen LogP contribution in [-0.4, -0.2) is 57.5 Å². The minimum Gasteiger partial charge on any atom is -0.385 e. The zero-order chi connectivity index (χ0) is 34.4.